The molecule has 2 aromatic rings. The highest BCUT2D eigenvalue weighted by Crippen LogP contribution is 2.31. The zero-order valence-electron chi connectivity index (χ0n) is 19.1. The first-order valence-corrected chi connectivity index (χ1v) is 13.2. The maximum Gasteiger partial charge on any atom is 0.114 e. The fraction of sp³-hybridized carbons (Fsp3) is 0.640. The SMILES string of the molecule is Cc1cc(NCC2CCOCC2)c2[nH]c(C3=N[C@@H](CCN4CCC[C@@H]4CO)CS3)cc2c1. The van der Waals surface area contributed by atoms with Crippen LogP contribution in [0, 0.1) is 12.8 Å². The summed E-state index contributed by atoms with van der Waals surface area (Å²) in [6, 6.07) is 7.50. The molecule has 1 aromatic carbocycles. The number of anilines is 1. The van der Waals surface area contributed by atoms with Crippen LogP contribution < -0.4 is 5.32 Å². The van der Waals surface area contributed by atoms with Crippen LogP contribution in [0.1, 0.15) is 43.4 Å². The number of ether oxygens (including phenoxy) is 1. The molecule has 3 aliphatic heterocycles. The van der Waals surface area contributed by atoms with Crippen molar-refractivity contribution in [3.63, 3.8) is 0 Å². The lowest BCUT2D eigenvalue weighted by Gasteiger charge is -2.23. The van der Waals surface area contributed by atoms with Gasteiger partial charge in [0, 0.05) is 43.5 Å². The minimum atomic E-state index is 0.285. The zero-order valence-corrected chi connectivity index (χ0v) is 19.9. The van der Waals surface area contributed by atoms with Crippen LogP contribution in [0.3, 0.4) is 0 Å². The number of aliphatic hydroxyl groups excluding tert-OH is 1. The van der Waals surface area contributed by atoms with E-state index in [0.717, 1.165) is 75.0 Å². The minimum Gasteiger partial charge on any atom is -0.395 e. The predicted molar refractivity (Wildman–Crippen MR) is 134 cm³/mol. The summed E-state index contributed by atoms with van der Waals surface area (Å²) < 4.78 is 5.50. The van der Waals surface area contributed by atoms with Gasteiger partial charge in [0.15, 0.2) is 0 Å². The van der Waals surface area contributed by atoms with E-state index in [2.05, 4.69) is 40.3 Å². The normalized spacial score (nSPS) is 25.0. The number of nitrogens with one attached hydrogen (secondary N) is 2. The van der Waals surface area contributed by atoms with E-state index in [0.29, 0.717) is 18.0 Å². The molecule has 0 spiro atoms. The molecule has 2 saturated heterocycles. The van der Waals surface area contributed by atoms with Crippen molar-refractivity contribution < 1.29 is 9.84 Å². The summed E-state index contributed by atoms with van der Waals surface area (Å²) in [5.41, 5.74) is 4.80. The van der Waals surface area contributed by atoms with Gasteiger partial charge >= 0.3 is 0 Å². The molecule has 6 nitrogen and oxygen atoms in total. The van der Waals surface area contributed by atoms with E-state index in [9.17, 15) is 5.11 Å². The molecule has 0 bridgehead atoms. The van der Waals surface area contributed by atoms with Crippen molar-refractivity contribution in [3.05, 3.63) is 29.5 Å². The molecule has 2 atom stereocenters. The fourth-order valence-electron chi connectivity index (χ4n) is 5.28. The first kappa shape index (κ1) is 22.3. The van der Waals surface area contributed by atoms with E-state index in [1.54, 1.807) is 0 Å². The van der Waals surface area contributed by atoms with Crippen molar-refractivity contribution in [2.24, 2.45) is 10.9 Å². The molecular formula is C25H36N4O2S. The number of likely N-dealkylation sites (tertiary alicyclic amines) is 1. The third kappa shape index (κ3) is 5.01. The Kier molecular flexibility index (Phi) is 7.07. The summed E-state index contributed by atoms with van der Waals surface area (Å²) in [5, 5.41) is 15.7. The molecule has 5 rings (SSSR count). The maximum absolute atomic E-state index is 9.55. The van der Waals surface area contributed by atoms with Crippen molar-refractivity contribution >= 4 is 33.4 Å². The van der Waals surface area contributed by atoms with Crippen molar-refractivity contribution in [2.75, 3.05) is 50.5 Å². The van der Waals surface area contributed by atoms with Gasteiger partial charge < -0.3 is 20.1 Å². The predicted octanol–water partition coefficient (Wildman–Crippen LogP) is 4.02. The van der Waals surface area contributed by atoms with E-state index >= 15 is 0 Å². The van der Waals surface area contributed by atoms with Crippen LogP contribution in [-0.4, -0.2) is 77.3 Å². The van der Waals surface area contributed by atoms with E-state index in [4.69, 9.17) is 9.73 Å². The lowest BCUT2D eigenvalue weighted by atomic mass is 10.0. The smallest absolute Gasteiger partial charge is 0.114 e. The molecule has 0 saturated carbocycles. The number of aliphatic imine (C=N–C) groups is 1. The summed E-state index contributed by atoms with van der Waals surface area (Å²) in [5.74, 6) is 1.74. The fourth-order valence-corrected chi connectivity index (χ4v) is 6.36. The second-order valence-corrected chi connectivity index (χ2v) is 10.6. The molecule has 32 heavy (non-hydrogen) atoms. The lowest BCUT2D eigenvalue weighted by molar-refractivity contribution is 0.0699. The molecule has 2 fully saturated rings. The quantitative estimate of drug-likeness (QED) is 0.560. The first-order chi connectivity index (χ1) is 15.7. The highest BCUT2D eigenvalue weighted by molar-refractivity contribution is 8.14. The number of aliphatic hydroxyl groups is 1. The molecule has 0 aliphatic carbocycles. The second kappa shape index (κ2) is 10.2. The number of aromatic amines is 1. The van der Waals surface area contributed by atoms with E-state index < -0.39 is 0 Å². The average Bonchev–Trinajstić information content (AvgIpc) is 3.55. The Hall–Kier alpha value is -1.54. The highest BCUT2D eigenvalue weighted by atomic mass is 32.2. The second-order valence-electron chi connectivity index (χ2n) is 9.60. The summed E-state index contributed by atoms with van der Waals surface area (Å²) >= 11 is 1.87. The largest absolute Gasteiger partial charge is 0.395 e. The van der Waals surface area contributed by atoms with Gasteiger partial charge in [-0.05, 0) is 75.3 Å². The average molecular weight is 457 g/mol. The monoisotopic (exact) mass is 456 g/mol. The van der Waals surface area contributed by atoms with Crippen molar-refractivity contribution in [1.29, 1.82) is 0 Å². The van der Waals surface area contributed by atoms with Crippen molar-refractivity contribution in [2.45, 2.75) is 51.1 Å². The van der Waals surface area contributed by atoms with Crippen LogP contribution in [-0.2, 0) is 4.74 Å². The number of aryl methyl sites for hydroxylation is 1. The lowest BCUT2D eigenvalue weighted by Crippen LogP contribution is -2.34. The van der Waals surface area contributed by atoms with E-state index in [1.165, 1.54) is 28.6 Å². The van der Waals surface area contributed by atoms with Gasteiger partial charge in [-0.25, -0.2) is 0 Å². The van der Waals surface area contributed by atoms with E-state index in [-0.39, 0.29) is 6.61 Å². The Morgan fingerprint density at radius 2 is 2.12 bits per heavy atom. The molecule has 3 aliphatic rings. The van der Waals surface area contributed by atoms with Gasteiger partial charge in [-0.3, -0.25) is 9.89 Å². The summed E-state index contributed by atoms with van der Waals surface area (Å²) in [6.07, 6.45) is 5.69. The minimum absolute atomic E-state index is 0.285. The Labute approximate surface area is 195 Å². The summed E-state index contributed by atoms with van der Waals surface area (Å²) in [4.78, 5) is 11.2. The Bertz CT molecular complexity index is 953. The Morgan fingerprint density at radius 3 is 2.97 bits per heavy atom. The number of fused-ring (bicyclic) bond motifs is 1. The summed E-state index contributed by atoms with van der Waals surface area (Å²) in [7, 11) is 0. The Morgan fingerprint density at radius 1 is 1.25 bits per heavy atom. The molecule has 0 unspecified atom stereocenters. The van der Waals surface area contributed by atoms with Gasteiger partial charge in [-0.1, -0.05) is 0 Å². The van der Waals surface area contributed by atoms with Gasteiger partial charge in [0.1, 0.15) is 5.04 Å². The number of hydrogen-bond acceptors (Lipinski definition) is 6. The molecule has 0 amide bonds. The number of hydrogen-bond donors (Lipinski definition) is 3. The molecule has 0 radical (unpaired) electrons. The number of rotatable bonds is 8. The van der Waals surface area contributed by atoms with Gasteiger partial charge in [0.2, 0.25) is 0 Å². The number of nitrogens with zero attached hydrogens (tertiary/aromatic N) is 2. The van der Waals surface area contributed by atoms with E-state index in [1.807, 2.05) is 11.8 Å². The van der Waals surface area contributed by atoms with Crippen molar-refractivity contribution in [3.8, 4) is 0 Å². The maximum atomic E-state index is 9.55. The summed E-state index contributed by atoms with van der Waals surface area (Å²) in [6.45, 7) is 7.39. The number of thioether (sulfide) groups is 1. The molecular weight excluding hydrogens is 420 g/mol. The first-order valence-electron chi connectivity index (χ1n) is 12.2. The third-order valence-corrected chi connectivity index (χ3v) is 8.35. The van der Waals surface area contributed by atoms with Gasteiger partial charge in [0.05, 0.1) is 29.5 Å². The molecule has 3 N–H and O–H groups in total. The van der Waals surface area contributed by atoms with Gasteiger partial charge in [0.25, 0.3) is 0 Å². The number of H-pyrrole nitrogens is 1. The van der Waals surface area contributed by atoms with Crippen LogP contribution in [0.25, 0.3) is 10.9 Å². The molecule has 174 valence electrons. The topological polar surface area (TPSA) is 72.9 Å². The zero-order chi connectivity index (χ0) is 21.9. The van der Waals surface area contributed by atoms with Crippen LogP contribution in [0.15, 0.2) is 23.2 Å². The van der Waals surface area contributed by atoms with Gasteiger partial charge in [-0.2, -0.15) is 0 Å². The molecule has 4 heterocycles. The number of benzene rings is 1. The van der Waals surface area contributed by atoms with Gasteiger partial charge in [-0.15, -0.1) is 11.8 Å². The third-order valence-electron chi connectivity index (χ3n) is 7.20. The van der Waals surface area contributed by atoms with Crippen LogP contribution >= 0.6 is 11.8 Å². The standard InChI is InChI=1S/C25H36N4O2S/c1-17-11-19-13-23(28-24(19)22(12-17)26-14-18-5-9-31-10-6-18)25-27-20(16-32-25)4-8-29-7-2-3-21(29)15-30/h11-13,18,20-21,26,28,30H,2-10,14-16H2,1H3/t20-,21+/m0/s1. The molecule has 7 heteroatoms. The highest BCUT2D eigenvalue weighted by Gasteiger charge is 2.26. The van der Waals surface area contributed by atoms with Crippen LogP contribution in [0.5, 0.6) is 0 Å². The van der Waals surface area contributed by atoms with Crippen LogP contribution in [0.2, 0.25) is 0 Å². The number of aromatic nitrogens is 1. The van der Waals surface area contributed by atoms with Crippen molar-refractivity contribution in [1.82, 2.24) is 9.88 Å². The molecule has 1 aromatic heterocycles. The Balaban J connectivity index is 1.26. The van der Waals surface area contributed by atoms with Crippen LogP contribution in [0.4, 0.5) is 5.69 Å².